The number of nitrogens with two attached hydrogens (primary N) is 1. The van der Waals surface area contributed by atoms with Crippen molar-refractivity contribution in [2.24, 2.45) is 5.73 Å². The van der Waals surface area contributed by atoms with Gasteiger partial charge in [-0.15, -0.1) is 0 Å². The molecule has 1 amide bonds. The lowest BCUT2D eigenvalue weighted by Gasteiger charge is -2.04. The molecule has 2 heterocycles. The molecule has 10 nitrogen and oxygen atoms in total. The van der Waals surface area contributed by atoms with Gasteiger partial charge in [0.2, 0.25) is 11.7 Å². The van der Waals surface area contributed by atoms with E-state index in [0.29, 0.717) is 5.56 Å². The number of rotatable bonds is 5. The normalized spacial score (nSPS) is 10.7. The zero-order valence-electron chi connectivity index (χ0n) is 13.0. The second kappa shape index (κ2) is 6.55. The van der Waals surface area contributed by atoms with Gasteiger partial charge in [0.25, 0.3) is 17.2 Å². The summed E-state index contributed by atoms with van der Waals surface area (Å²) in [4.78, 5) is 37.8. The number of benzene rings is 1. The van der Waals surface area contributed by atoms with Gasteiger partial charge in [0.05, 0.1) is 11.1 Å². The molecule has 0 unspecified atom stereocenters. The van der Waals surface area contributed by atoms with E-state index < -0.39 is 33.5 Å². The van der Waals surface area contributed by atoms with Crippen LogP contribution in [0.5, 0.6) is 0 Å². The third kappa shape index (κ3) is 3.31. The Balaban J connectivity index is 1.96. The topological polar surface area (TPSA) is 147 Å². The van der Waals surface area contributed by atoms with Gasteiger partial charge in [0.1, 0.15) is 17.9 Å². The van der Waals surface area contributed by atoms with Gasteiger partial charge in [-0.3, -0.25) is 24.3 Å². The number of primary amides is 1. The molecule has 0 spiro atoms. The van der Waals surface area contributed by atoms with Crippen molar-refractivity contribution in [1.82, 2.24) is 14.7 Å². The average molecular weight is 359 g/mol. The molecular formula is C15H10FN5O5. The Morgan fingerprint density at radius 1 is 1.35 bits per heavy atom. The zero-order chi connectivity index (χ0) is 18.8. The minimum Gasteiger partial charge on any atom is -0.365 e. The van der Waals surface area contributed by atoms with Crippen LogP contribution < -0.4 is 11.3 Å². The number of halogens is 1. The van der Waals surface area contributed by atoms with Crippen molar-refractivity contribution in [3.8, 4) is 11.4 Å². The maximum absolute atomic E-state index is 13.0. The van der Waals surface area contributed by atoms with E-state index >= 15 is 0 Å². The van der Waals surface area contributed by atoms with Crippen LogP contribution >= 0.6 is 0 Å². The van der Waals surface area contributed by atoms with Crippen LogP contribution in [0.3, 0.4) is 0 Å². The van der Waals surface area contributed by atoms with Crippen molar-refractivity contribution < 1.29 is 18.6 Å². The molecule has 3 rings (SSSR count). The van der Waals surface area contributed by atoms with E-state index in [2.05, 4.69) is 10.1 Å². The largest absolute Gasteiger partial charge is 0.365 e. The average Bonchev–Trinajstić information content (AvgIpc) is 3.05. The Bertz CT molecular complexity index is 1060. The molecule has 1 aromatic carbocycles. The summed E-state index contributed by atoms with van der Waals surface area (Å²) in [6.07, 6.45) is 0.941. The van der Waals surface area contributed by atoms with E-state index in [1.165, 1.54) is 24.3 Å². The summed E-state index contributed by atoms with van der Waals surface area (Å²) in [7, 11) is 0. The zero-order valence-corrected chi connectivity index (χ0v) is 13.0. The number of carbonyl (C=O) groups excluding carboxylic acids is 1. The number of hydrogen-bond acceptors (Lipinski definition) is 7. The number of hydrogen-bond donors (Lipinski definition) is 1. The van der Waals surface area contributed by atoms with Crippen molar-refractivity contribution in [3.05, 3.63) is 74.3 Å². The van der Waals surface area contributed by atoms with Crippen LogP contribution in [0.15, 0.2) is 45.8 Å². The summed E-state index contributed by atoms with van der Waals surface area (Å²) in [5, 5.41) is 14.7. The molecular weight excluding hydrogens is 349 g/mol. The fraction of sp³-hybridized carbons (Fsp3) is 0.0667. The Labute approximate surface area is 143 Å². The first-order chi connectivity index (χ1) is 12.3. The van der Waals surface area contributed by atoms with Crippen LogP contribution in [0, 0.1) is 15.9 Å². The summed E-state index contributed by atoms with van der Waals surface area (Å²) < 4.78 is 18.8. The van der Waals surface area contributed by atoms with Crippen LogP contribution in [-0.4, -0.2) is 25.5 Å². The highest BCUT2D eigenvalue weighted by Crippen LogP contribution is 2.17. The van der Waals surface area contributed by atoms with Crippen molar-refractivity contribution >= 4 is 11.6 Å². The molecule has 0 fully saturated rings. The first-order valence-electron chi connectivity index (χ1n) is 7.12. The van der Waals surface area contributed by atoms with Crippen LogP contribution in [0.25, 0.3) is 11.4 Å². The minimum absolute atomic E-state index is 0.0395. The van der Waals surface area contributed by atoms with E-state index in [-0.39, 0.29) is 18.3 Å². The molecule has 0 radical (unpaired) electrons. The van der Waals surface area contributed by atoms with Crippen LogP contribution in [0.1, 0.15) is 16.2 Å². The van der Waals surface area contributed by atoms with Gasteiger partial charge in [-0.05, 0) is 24.3 Å². The molecule has 0 bridgehead atoms. The van der Waals surface area contributed by atoms with E-state index in [9.17, 15) is 24.1 Å². The van der Waals surface area contributed by atoms with Gasteiger partial charge in [0, 0.05) is 11.6 Å². The molecule has 0 saturated heterocycles. The molecule has 0 aliphatic carbocycles. The Kier molecular flexibility index (Phi) is 4.27. The van der Waals surface area contributed by atoms with Crippen LogP contribution in [0.4, 0.5) is 10.1 Å². The van der Waals surface area contributed by atoms with Crippen molar-refractivity contribution in [1.29, 1.82) is 0 Å². The van der Waals surface area contributed by atoms with E-state index in [0.717, 1.165) is 16.8 Å². The molecule has 2 aromatic heterocycles. The highest BCUT2D eigenvalue weighted by atomic mass is 19.1. The summed E-state index contributed by atoms with van der Waals surface area (Å²) in [6, 6.07) is 6.12. The number of nitrogens with zero attached hydrogens (tertiary/aromatic N) is 4. The maximum Gasteiger partial charge on any atom is 0.286 e. The first-order valence-corrected chi connectivity index (χ1v) is 7.12. The molecule has 3 aromatic rings. The SMILES string of the molecule is NC(=O)c1cc([N+](=O)[O-])cn(Cc2nc(-c3ccc(F)cc3)no2)c1=O. The maximum atomic E-state index is 13.0. The quantitative estimate of drug-likeness (QED) is 0.529. The van der Waals surface area contributed by atoms with Crippen molar-refractivity contribution in [2.75, 3.05) is 0 Å². The predicted molar refractivity (Wildman–Crippen MR) is 84.7 cm³/mol. The molecule has 0 saturated carbocycles. The Morgan fingerprint density at radius 3 is 2.65 bits per heavy atom. The summed E-state index contributed by atoms with van der Waals surface area (Å²) >= 11 is 0. The number of nitro groups is 1. The molecule has 2 N–H and O–H groups in total. The fourth-order valence-electron chi connectivity index (χ4n) is 2.19. The summed E-state index contributed by atoms with van der Waals surface area (Å²) in [6.45, 7) is -0.311. The summed E-state index contributed by atoms with van der Waals surface area (Å²) in [5.74, 6) is -1.42. The smallest absolute Gasteiger partial charge is 0.286 e. The van der Waals surface area contributed by atoms with Gasteiger partial charge < -0.3 is 10.3 Å². The Hall–Kier alpha value is -3.89. The highest BCUT2D eigenvalue weighted by molar-refractivity contribution is 5.92. The predicted octanol–water partition coefficient (Wildman–Crippen LogP) is 1.09. The third-order valence-corrected chi connectivity index (χ3v) is 3.42. The van der Waals surface area contributed by atoms with E-state index in [1.807, 2.05) is 0 Å². The fourth-order valence-corrected chi connectivity index (χ4v) is 2.19. The molecule has 26 heavy (non-hydrogen) atoms. The molecule has 0 aliphatic heterocycles. The molecule has 11 heteroatoms. The summed E-state index contributed by atoms with van der Waals surface area (Å²) in [5.41, 5.74) is 3.71. The Morgan fingerprint density at radius 2 is 2.04 bits per heavy atom. The molecule has 0 atom stereocenters. The lowest BCUT2D eigenvalue weighted by Crippen LogP contribution is -2.30. The minimum atomic E-state index is -1.09. The second-order valence-electron chi connectivity index (χ2n) is 5.19. The van der Waals surface area contributed by atoms with Gasteiger partial charge >= 0.3 is 0 Å². The van der Waals surface area contributed by atoms with Gasteiger partial charge in [0.15, 0.2) is 0 Å². The van der Waals surface area contributed by atoms with Gasteiger partial charge in [-0.1, -0.05) is 5.16 Å². The lowest BCUT2D eigenvalue weighted by molar-refractivity contribution is -0.385. The number of aromatic nitrogens is 3. The standard InChI is InChI=1S/C15H10FN5O5/c16-9-3-1-8(2-4-9)14-18-12(26-19-14)7-20-6-10(21(24)25)5-11(13(17)22)15(20)23/h1-6H,7H2,(H2,17,22). The first kappa shape index (κ1) is 17.0. The van der Waals surface area contributed by atoms with Crippen molar-refractivity contribution in [3.63, 3.8) is 0 Å². The molecule has 0 aliphatic rings. The monoisotopic (exact) mass is 359 g/mol. The highest BCUT2D eigenvalue weighted by Gasteiger charge is 2.19. The second-order valence-corrected chi connectivity index (χ2v) is 5.19. The van der Waals surface area contributed by atoms with E-state index in [4.69, 9.17) is 10.3 Å². The molecule has 132 valence electrons. The van der Waals surface area contributed by atoms with Gasteiger partial charge in [-0.2, -0.15) is 4.98 Å². The van der Waals surface area contributed by atoms with E-state index in [1.54, 1.807) is 0 Å². The third-order valence-electron chi connectivity index (χ3n) is 3.42. The van der Waals surface area contributed by atoms with Crippen LogP contribution in [0.2, 0.25) is 0 Å². The number of pyridine rings is 1. The van der Waals surface area contributed by atoms with Crippen LogP contribution in [-0.2, 0) is 6.54 Å². The van der Waals surface area contributed by atoms with Gasteiger partial charge in [-0.25, -0.2) is 4.39 Å². The van der Waals surface area contributed by atoms with Crippen molar-refractivity contribution in [2.45, 2.75) is 6.54 Å². The number of amides is 1. The number of carbonyl (C=O) groups is 1. The lowest BCUT2D eigenvalue weighted by atomic mass is 10.2.